The molecule has 0 amide bonds. The van der Waals surface area contributed by atoms with Crippen LogP contribution in [0.3, 0.4) is 0 Å². The second-order valence-corrected chi connectivity index (χ2v) is 6.85. The number of imidazole rings is 1. The van der Waals surface area contributed by atoms with Crippen molar-refractivity contribution in [2.24, 2.45) is 7.05 Å². The number of aromatic nitrogens is 6. The lowest BCUT2D eigenvalue weighted by Gasteiger charge is -2.27. The number of pyridine rings is 2. The summed E-state index contributed by atoms with van der Waals surface area (Å²) in [5.74, 6) is 0.199. The van der Waals surface area contributed by atoms with Gasteiger partial charge in [0.05, 0.1) is 42.3 Å². The number of morpholine rings is 1. The van der Waals surface area contributed by atoms with Crippen molar-refractivity contribution in [1.29, 1.82) is 5.26 Å². The quantitative estimate of drug-likeness (QED) is 0.484. The second kappa shape index (κ2) is 8.68. The summed E-state index contributed by atoms with van der Waals surface area (Å²) in [7, 11) is 1.74. The van der Waals surface area contributed by atoms with Gasteiger partial charge in [0.1, 0.15) is 17.3 Å². The van der Waals surface area contributed by atoms with Crippen LogP contribution in [0.4, 0.5) is 17.3 Å². The Morgan fingerprint density at radius 1 is 1.21 bits per heavy atom. The summed E-state index contributed by atoms with van der Waals surface area (Å²) in [6, 6.07) is 7.58. The molecule has 0 atom stereocenters. The number of nitrogens with one attached hydrogen (secondary N) is 1. The first kappa shape index (κ1) is 13.3. The van der Waals surface area contributed by atoms with E-state index in [1.165, 1.54) is 18.3 Å². The van der Waals surface area contributed by atoms with Gasteiger partial charge in [0.15, 0.2) is 23.0 Å². The molecule has 11 nitrogen and oxygen atoms in total. The Labute approximate surface area is 200 Å². The normalized spacial score (nSPS) is 23.4. The number of hydrogen-bond donors (Lipinski definition) is 1. The fourth-order valence-corrected chi connectivity index (χ4v) is 3.00. The van der Waals surface area contributed by atoms with Crippen LogP contribution in [0.5, 0.6) is 11.6 Å². The van der Waals surface area contributed by atoms with E-state index in [-0.39, 0.29) is 22.3 Å². The van der Waals surface area contributed by atoms with Gasteiger partial charge >= 0.3 is 0 Å². The number of hydrogen-bond acceptors (Lipinski definition) is 10. The average molecular weight is 452 g/mol. The monoisotopic (exact) mass is 451 g/mol. The SMILES string of the molecule is [2H]C1([2H])OC([2H])([2H])C([2H])([2H])N(c2ccc(Nc3cc(Oc4cnc(C#N)cc4C)nc4c3ncn4C)nn2)C1([2H])[2H]. The van der Waals surface area contributed by atoms with Gasteiger partial charge in [0, 0.05) is 26.1 Å². The van der Waals surface area contributed by atoms with Crippen LogP contribution in [0.25, 0.3) is 11.2 Å². The Morgan fingerprint density at radius 3 is 2.79 bits per heavy atom. The van der Waals surface area contributed by atoms with Gasteiger partial charge in [-0.15, -0.1) is 10.2 Å². The minimum absolute atomic E-state index is 0.120. The van der Waals surface area contributed by atoms with Crippen molar-refractivity contribution < 1.29 is 20.4 Å². The molecule has 1 aliphatic rings. The standard InChI is InChI=1S/C22H21N9O2/c1-14-9-15(11-23)24-12-17(14)33-20-10-16(21-22(27-20)30(2)13-25-21)26-18-3-4-19(29-28-18)31-5-7-32-8-6-31/h3-4,9-10,12-13H,5-8H2,1-2H3,(H,26,27,28)/i5D2,6D2,7D2,8D2. The molecule has 5 rings (SSSR count). The van der Waals surface area contributed by atoms with Crippen LogP contribution in [-0.2, 0) is 11.8 Å². The van der Waals surface area contributed by atoms with E-state index in [1.54, 1.807) is 37.0 Å². The Balaban J connectivity index is 1.48. The number of ether oxygens (including phenoxy) is 2. The van der Waals surface area contributed by atoms with Gasteiger partial charge in [-0.1, -0.05) is 0 Å². The molecule has 4 aromatic heterocycles. The maximum Gasteiger partial charge on any atom is 0.223 e. The maximum atomic E-state index is 9.06. The molecule has 0 radical (unpaired) electrons. The van der Waals surface area contributed by atoms with Gasteiger partial charge in [-0.05, 0) is 30.7 Å². The third kappa shape index (κ3) is 4.24. The molecule has 11 heteroatoms. The van der Waals surface area contributed by atoms with Gasteiger partial charge in [0.25, 0.3) is 0 Å². The van der Waals surface area contributed by atoms with E-state index >= 15 is 0 Å². The molecule has 1 N–H and O–H groups in total. The van der Waals surface area contributed by atoms with Gasteiger partial charge in [-0.25, -0.2) is 9.97 Å². The molecular weight excluding hydrogens is 422 g/mol. The highest BCUT2D eigenvalue weighted by Gasteiger charge is 2.16. The van der Waals surface area contributed by atoms with Crippen molar-refractivity contribution in [3.63, 3.8) is 0 Å². The first-order chi connectivity index (χ1) is 19.1. The van der Waals surface area contributed by atoms with Crippen LogP contribution in [0.15, 0.2) is 36.8 Å². The topological polar surface area (TPSA) is 127 Å². The minimum Gasteiger partial charge on any atom is -0.437 e. The zero-order valence-corrected chi connectivity index (χ0v) is 17.4. The van der Waals surface area contributed by atoms with Gasteiger partial charge in [-0.3, -0.25) is 0 Å². The molecule has 0 aromatic carbocycles. The van der Waals surface area contributed by atoms with E-state index in [2.05, 4.69) is 35.2 Å². The predicted octanol–water partition coefficient (Wildman–Crippen LogP) is 2.71. The third-order valence-corrected chi connectivity index (χ3v) is 4.60. The van der Waals surface area contributed by atoms with Crippen molar-refractivity contribution >= 4 is 28.5 Å². The fraction of sp³-hybridized carbons (Fsp3) is 0.273. The molecular formula is C22H21N9O2. The Morgan fingerprint density at radius 2 is 2.06 bits per heavy atom. The molecule has 166 valence electrons. The van der Waals surface area contributed by atoms with E-state index in [4.69, 9.17) is 21.0 Å². The number of nitriles is 1. The molecule has 1 saturated heterocycles. The van der Waals surface area contributed by atoms with E-state index in [1.807, 2.05) is 6.07 Å². The molecule has 0 aliphatic carbocycles. The lowest BCUT2D eigenvalue weighted by Crippen LogP contribution is -2.36. The van der Waals surface area contributed by atoms with Gasteiger partial charge in [-0.2, -0.15) is 10.2 Å². The van der Waals surface area contributed by atoms with Crippen molar-refractivity contribution in [2.45, 2.75) is 6.92 Å². The summed E-state index contributed by atoms with van der Waals surface area (Å²) in [5, 5.41) is 19.9. The first-order valence-electron chi connectivity index (χ1n) is 13.6. The van der Waals surface area contributed by atoms with Crippen molar-refractivity contribution in [3.05, 3.63) is 48.0 Å². The van der Waals surface area contributed by atoms with Crippen LogP contribution in [0.2, 0.25) is 0 Å². The van der Waals surface area contributed by atoms with Crippen LogP contribution >= 0.6 is 0 Å². The van der Waals surface area contributed by atoms with Gasteiger partial charge < -0.3 is 24.3 Å². The smallest absolute Gasteiger partial charge is 0.223 e. The molecule has 33 heavy (non-hydrogen) atoms. The number of rotatable bonds is 5. The Bertz CT molecular complexity index is 1660. The van der Waals surface area contributed by atoms with Crippen LogP contribution in [0, 0.1) is 18.3 Å². The van der Waals surface area contributed by atoms with Crippen LogP contribution < -0.4 is 15.0 Å². The largest absolute Gasteiger partial charge is 0.437 e. The van der Waals surface area contributed by atoms with Crippen LogP contribution in [0.1, 0.15) is 22.2 Å². The summed E-state index contributed by atoms with van der Waals surface area (Å²) in [6.07, 6.45) is 2.95. The summed E-state index contributed by atoms with van der Waals surface area (Å²) < 4.78 is 76.3. The number of nitrogens with zero attached hydrogens (tertiary/aromatic N) is 8. The van der Waals surface area contributed by atoms with E-state index in [0.29, 0.717) is 28.2 Å². The highest BCUT2D eigenvalue weighted by Crippen LogP contribution is 2.31. The maximum absolute atomic E-state index is 9.06. The molecule has 0 spiro atoms. The lowest BCUT2D eigenvalue weighted by molar-refractivity contribution is 0.122. The highest BCUT2D eigenvalue weighted by molar-refractivity contribution is 5.88. The fourth-order valence-electron chi connectivity index (χ4n) is 3.00. The number of anilines is 3. The Kier molecular flexibility index (Phi) is 3.50. The van der Waals surface area contributed by atoms with Gasteiger partial charge in [0.2, 0.25) is 5.88 Å². The summed E-state index contributed by atoms with van der Waals surface area (Å²) in [6.45, 7) is -11.0. The molecule has 4 aromatic rings. The average Bonchev–Trinajstić information content (AvgIpc) is 3.25. The number of aryl methyl sites for hydroxylation is 2. The lowest BCUT2D eigenvalue weighted by atomic mass is 10.2. The summed E-state index contributed by atoms with van der Waals surface area (Å²) >= 11 is 0. The van der Waals surface area contributed by atoms with E-state index < -0.39 is 31.9 Å². The summed E-state index contributed by atoms with van der Waals surface area (Å²) in [5.41, 5.74) is 2.20. The molecule has 0 bridgehead atoms. The Hall–Kier alpha value is -4.30. The first-order valence-corrected chi connectivity index (χ1v) is 9.55. The zero-order valence-electron chi connectivity index (χ0n) is 25.4. The minimum atomic E-state index is -3.22. The van der Waals surface area contributed by atoms with E-state index in [0.717, 1.165) is 0 Å². The zero-order chi connectivity index (χ0) is 30.0. The predicted molar refractivity (Wildman–Crippen MR) is 121 cm³/mol. The molecule has 0 unspecified atom stereocenters. The second-order valence-electron chi connectivity index (χ2n) is 6.85. The third-order valence-electron chi connectivity index (χ3n) is 4.60. The summed E-state index contributed by atoms with van der Waals surface area (Å²) in [4.78, 5) is 13.1. The molecule has 1 fully saturated rings. The van der Waals surface area contributed by atoms with E-state index in [9.17, 15) is 0 Å². The molecule has 5 heterocycles. The molecule has 0 saturated carbocycles. The van der Waals surface area contributed by atoms with Crippen molar-refractivity contribution in [2.75, 3.05) is 36.3 Å². The van der Waals surface area contributed by atoms with Crippen molar-refractivity contribution in [1.82, 2.24) is 29.7 Å². The molecule has 1 aliphatic heterocycles. The van der Waals surface area contributed by atoms with Crippen LogP contribution in [-0.4, -0.2) is 55.8 Å². The highest BCUT2D eigenvalue weighted by atomic mass is 16.5. The number of fused-ring (bicyclic) bond motifs is 1. The van der Waals surface area contributed by atoms with Crippen molar-refractivity contribution in [3.8, 4) is 17.7 Å².